The SMILES string of the molecule is CSCCCNc1cccc(Cl)c1N. The average molecular weight is 231 g/mol. The fourth-order valence-electron chi connectivity index (χ4n) is 1.13. The third kappa shape index (κ3) is 3.31. The summed E-state index contributed by atoms with van der Waals surface area (Å²) in [5.74, 6) is 1.16. The Morgan fingerprint density at radius 2 is 2.29 bits per heavy atom. The number of nitrogens with two attached hydrogens (primary N) is 1. The number of thioether (sulfide) groups is 1. The van der Waals surface area contributed by atoms with Crippen LogP contribution in [-0.4, -0.2) is 18.6 Å². The van der Waals surface area contributed by atoms with E-state index in [9.17, 15) is 0 Å². The molecule has 1 rings (SSSR count). The van der Waals surface area contributed by atoms with Gasteiger partial charge in [-0.25, -0.2) is 0 Å². The van der Waals surface area contributed by atoms with Gasteiger partial charge in [-0.3, -0.25) is 0 Å². The lowest BCUT2D eigenvalue weighted by Crippen LogP contribution is -2.05. The molecule has 0 atom stereocenters. The first kappa shape index (κ1) is 11.5. The van der Waals surface area contributed by atoms with Crippen molar-refractivity contribution in [1.29, 1.82) is 0 Å². The number of rotatable bonds is 5. The summed E-state index contributed by atoms with van der Waals surface area (Å²) in [5, 5.41) is 3.88. The highest BCUT2D eigenvalue weighted by Gasteiger charge is 2.00. The number of halogens is 1. The molecule has 1 aromatic rings. The highest BCUT2D eigenvalue weighted by atomic mass is 35.5. The molecular weight excluding hydrogens is 216 g/mol. The molecule has 0 aliphatic heterocycles. The Bertz CT molecular complexity index is 291. The van der Waals surface area contributed by atoms with E-state index in [1.54, 1.807) is 6.07 Å². The number of para-hydroxylation sites is 1. The van der Waals surface area contributed by atoms with Gasteiger partial charge in [-0.05, 0) is 30.6 Å². The van der Waals surface area contributed by atoms with Crippen molar-refractivity contribution >= 4 is 34.7 Å². The lowest BCUT2D eigenvalue weighted by molar-refractivity contribution is 0.994. The van der Waals surface area contributed by atoms with Crippen LogP contribution in [0.2, 0.25) is 5.02 Å². The first-order valence-corrected chi connectivity index (χ1v) is 6.29. The molecule has 0 radical (unpaired) electrons. The van der Waals surface area contributed by atoms with Crippen LogP contribution in [-0.2, 0) is 0 Å². The molecule has 78 valence electrons. The molecule has 0 amide bonds. The quantitative estimate of drug-likeness (QED) is 0.603. The molecule has 0 fully saturated rings. The Kier molecular flexibility index (Phi) is 4.98. The van der Waals surface area contributed by atoms with Gasteiger partial charge >= 0.3 is 0 Å². The molecular formula is C10H15ClN2S. The predicted molar refractivity (Wildman–Crippen MR) is 67.4 cm³/mol. The van der Waals surface area contributed by atoms with Crippen LogP contribution in [0.3, 0.4) is 0 Å². The molecule has 0 aliphatic carbocycles. The molecule has 2 nitrogen and oxygen atoms in total. The number of hydrogen-bond acceptors (Lipinski definition) is 3. The zero-order valence-electron chi connectivity index (χ0n) is 8.22. The largest absolute Gasteiger partial charge is 0.396 e. The van der Waals surface area contributed by atoms with Crippen LogP contribution in [0.25, 0.3) is 0 Å². The van der Waals surface area contributed by atoms with Crippen molar-refractivity contribution in [3.05, 3.63) is 23.2 Å². The fraction of sp³-hybridized carbons (Fsp3) is 0.400. The van der Waals surface area contributed by atoms with Crippen LogP contribution in [0, 0.1) is 0 Å². The van der Waals surface area contributed by atoms with Crippen LogP contribution in [0.4, 0.5) is 11.4 Å². The number of benzene rings is 1. The molecule has 0 spiro atoms. The highest BCUT2D eigenvalue weighted by molar-refractivity contribution is 7.98. The average Bonchev–Trinajstić information content (AvgIpc) is 2.19. The highest BCUT2D eigenvalue weighted by Crippen LogP contribution is 2.26. The Morgan fingerprint density at radius 1 is 1.50 bits per heavy atom. The molecule has 4 heteroatoms. The summed E-state index contributed by atoms with van der Waals surface area (Å²) in [7, 11) is 0. The van der Waals surface area contributed by atoms with Gasteiger partial charge in [-0.1, -0.05) is 17.7 Å². The van der Waals surface area contributed by atoms with Crippen LogP contribution >= 0.6 is 23.4 Å². The summed E-state index contributed by atoms with van der Waals surface area (Å²) < 4.78 is 0. The van der Waals surface area contributed by atoms with Crippen LogP contribution in [0.1, 0.15) is 6.42 Å². The first-order valence-electron chi connectivity index (χ1n) is 4.52. The first-order chi connectivity index (χ1) is 6.75. The van der Waals surface area contributed by atoms with Gasteiger partial charge in [0.05, 0.1) is 16.4 Å². The predicted octanol–water partition coefficient (Wildman–Crippen LogP) is 3.09. The molecule has 0 saturated carbocycles. The Balaban J connectivity index is 2.46. The van der Waals surface area contributed by atoms with Gasteiger partial charge in [0.15, 0.2) is 0 Å². The minimum absolute atomic E-state index is 0.611. The molecule has 0 bridgehead atoms. The number of anilines is 2. The van der Waals surface area contributed by atoms with Gasteiger partial charge in [0.2, 0.25) is 0 Å². The van der Waals surface area contributed by atoms with Crippen LogP contribution in [0.15, 0.2) is 18.2 Å². The van der Waals surface area contributed by atoms with E-state index >= 15 is 0 Å². The zero-order valence-corrected chi connectivity index (χ0v) is 9.79. The smallest absolute Gasteiger partial charge is 0.0739 e. The number of hydrogen-bond donors (Lipinski definition) is 2. The maximum absolute atomic E-state index is 5.88. The van der Waals surface area contributed by atoms with Crippen LogP contribution in [0.5, 0.6) is 0 Å². The summed E-state index contributed by atoms with van der Waals surface area (Å²) >= 11 is 7.73. The maximum atomic E-state index is 5.88. The third-order valence-corrected chi connectivity index (χ3v) is 2.92. The van der Waals surface area contributed by atoms with Crippen molar-refractivity contribution in [3.8, 4) is 0 Å². The minimum Gasteiger partial charge on any atom is -0.396 e. The van der Waals surface area contributed by atoms with Crippen molar-refractivity contribution in [2.24, 2.45) is 0 Å². The van der Waals surface area contributed by atoms with Gasteiger partial charge in [-0.2, -0.15) is 11.8 Å². The summed E-state index contributed by atoms with van der Waals surface area (Å²) in [5.41, 5.74) is 7.36. The van der Waals surface area contributed by atoms with Crippen LogP contribution < -0.4 is 11.1 Å². The summed E-state index contributed by atoms with van der Waals surface area (Å²) in [4.78, 5) is 0. The number of nitrogens with one attached hydrogen (secondary N) is 1. The molecule has 0 unspecified atom stereocenters. The van der Waals surface area contributed by atoms with E-state index in [0.29, 0.717) is 10.7 Å². The van der Waals surface area contributed by atoms with Gasteiger partial charge < -0.3 is 11.1 Å². The van der Waals surface area contributed by atoms with Crippen molar-refractivity contribution in [2.45, 2.75) is 6.42 Å². The van der Waals surface area contributed by atoms with E-state index < -0.39 is 0 Å². The lowest BCUT2D eigenvalue weighted by Gasteiger charge is -2.09. The van der Waals surface area contributed by atoms with Gasteiger partial charge in [0.1, 0.15) is 0 Å². The van der Waals surface area contributed by atoms with Crippen molar-refractivity contribution < 1.29 is 0 Å². The van der Waals surface area contributed by atoms with E-state index in [1.807, 2.05) is 23.9 Å². The molecule has 0 aromatic heterocycles. The summed E-state index contributed by atoms with van der Waals surface area (Å²) in [6, 6.07) is 5.64. The van der Waals surface area contributed by atoms with Gasteiger partial charge in [-0.15, -0.1) is 0 Å². The standard InChI is InChI=1S/C10H15ClN2S/c1-14-7-3-6-13-9-5-2-4-8(11)10(9)12/h2,4-5,13H,3,6-7,12H2,1H3. The Hall–Kier alpha value is -0.540. The molecule has 3 N–H and O–H groups in total. The van der Waals surface area contributed by atoms with Gasteiger partial charge in [0, 0.05) is 6.54 Å². The van der Waals surface area contributed by atoms with Gasteiger partial charge in [0.25, 0.3) is 0 Å². The van der Waals surface area contributed by atoms with Crippen molar-refractivity contribution in [3.63, 3.8) is 0 Å². The molecule has 0 aliphatic rings. The van der Waals surface area contributed by atoms with E-state index in [1.165, 1.54) is 0 Å². The second-order valence-corrected chi connectivity index (χ2v) is 4.37. The normalized spacial score (nSPS) is 10.1. The lowest BCUT2D eigenvalue weighted by atomic mass is 10.2. The third-order valence-electron chi connectivity index (χ3n) is 1.89. The van der Waals surface area contributed by atoms with E-state index in [0.717, 1.165) is 24.4 Å². The maximum Gasteiger partial charge on any atom is 0.0739 e. The molecule has 14 heavy (non-hydrogen) atoms. The Morgan fingerprint density at radius 3 is 3.00 bits per heavy atom. The van der Waals surface area contributed by atoms with Crippen molar-refractivity contribution in [1.82, 2.24) is 0 Å². The monoisotopic (exact) mass is 230 g/mol. The van der Waals surface area contributed by atoms with E-state index in [2.05, 4.69) is 11.6 Å². The molecule has 0 heterocycles. The summed E-state index contributed by atoms with van der Waals surface area (Å²) in [6.45, 7) is 0.936. The van der Waals surface area contributed by atoms with Crippen molar-refractivity contribution in [2.75, 3.05) is 29.6 Å². The summed E-state index contributed by atoms with van der Waals surface area (Å²) in [6.07, 6.45) is 3.24. The topological polar surface area (TPSA) is 38.0 Å². The second-order valence-electron chi connectivity index (χ2n) is 2.97. The molecule has 0 saturated heterocycles. The molecule has 1 aromatic carbocycles. The van der Waals surface area contributed by atoms with E-state index in [-0.39, 0.29) is 0 Å². The minimum atomic E-state index is 0.611. The Labute approximate surface area is 94.2 Å². The fourth-order valence-corrected chi connectivity index (χ4v) is 1.74. The number of nitrogen functional groups attached to an aromatic ring is 1. The van der Waals surface area contributed by atoms with E-state index in [4.69, 9.17) is 17.3 Å². The second kappa shape index (κ2) is 6.04. The zero-order chi connectivity index (χ0) is 10.4.